The van der Waals surface area contributed by atoms with Crippen molar-refractivity contribution in [3.05, 3.63) is 59.9 Å². The van der Waals surface area contributed by atoms with Gasteiger partial charge < -0.3 is 10.6 Å². The van der Waals surface area contributed by atoms with Gasteiger partial charge in [0.05, 0.1) is 0 Å². The van der Waals surface area contributed by atoms with Crippen LogP contribution in [0, 0.1) is 0 Å². The van der Waals surface area contributed by atoms with E-state index in [1.165, 1.54) is 12.5 Å². The molecule has 0 fully saturated rings. The predicted octanol–water partition coefficient (Wildman–Crippen LogP) is 2.37. The van der Waals surface area contributed by atoms with Crippen molar-refractivity contribution in [3.63, 3.8) is 0 Å². The maximum Gasteiger partial charge on any atom is 0.221 e. The van der Waals surface area contributed by atoms with Crippen molar-refractivity contribution < 1.29 is 4.79 Å². The van der Waals surface area contributed by atoms with Gasteiger partial charge in [0.15, 0.2) is 0 Å². The van der Waals surface area contributed by atoms with Crippen LogP contribution < -0.4 is 10.6 Å². The molecule has 104 valence electrons. The molecule has 20 heavy (non-hydrogen) atoms. The summed E-state index contributed by atoms with van der Waals surface area (Å²) in [6, 6.07) is 13.8. The largest absolute Gasteiger partial charge is 0.326 e. The molecule has 1 heterocycles. The Hall–Kier alpha value is -2.20. The lowest BCUT2D eigenvalue weighted by molar-refractivity contribution is -0.114. The molecular formula is C16H19N3O. The van der Waals surface area contributed by atoms with Crippen LogP contribution in [0.3, 0.4) is 0 Å². The van der Waals surface area contributed by atoms with Crippen molar-refractivity contribution in [2.45, 2.75) is 19.9 Å². The van der Waals surface area contributed by atoms with Crippen LogP contribution in [0.15, 0.2) is 48.7 Å². The first-order valence-electron chi connectivity index (χ1n) is 6.71. The molecule has 2 rings (SSSR count). The molecule has 1 amide bonds. The van der Waals surface area contributed by atoms with Crippen molar-refractivity contribution >= 4 is 11.6 Å². The van der Waals surface area contributed by atoms with Crippen LogP contribution in [0.25, 0.3) is 0 Å². The van der Waals surface area contributed by atoms with E-state index in [0.717, 1.165) is 30.9 Å². The first kappa shape index (κ1) is 14.2. The van der Waals surface area contributed by atoms with E-state index in [1.54, 1.807) is 0 Å². The predicted molar refractivity (Wildman–Crippen MR) is 80.4 cm³/mol. The van der Waals surface area contributed by atoms with Gasteiger partial charge in [0.1, 0.15) is 0 Å². The van der Waals surface area contributed by atoms with Crippen molar-refractivity contribution in [1.82, 2.24) is 10.3 Å². The number of carbonyl (C=O) groups excluding carboxylic acids is 1. The third-order valence-electron chi connectivity index (χ3n) is 2.89. The van der Waals surface area contributed by atoms with Gasteiger partial charge in [-0.25, -0.2) is 0 Å². The van der Waals surface area contributed by atoms with Crippen molar-refractivity contribution in [2.75, 3.05) is 11.9 Å². The summed E-state index contributed by atoms with van der Waals surface area (Å²) in [5.41, 5.74) is 3.12. The van der Waals surface area contributed by atoms with E-state index in [1.807, 2.05) is 48.7 Å². The fraction of sp³-hybridized carbons (Fsp3) is 0.250. The van der Waals surface area contributed by atoms with Crippen LogP contribution in [0.4, 0.5) is 5.69 Å². The normalized spacial score (nSPS) is 10.2. The first-order chi connectivity index (χ1) is 9.74. The maximum absolute atomic E-state index is 10.9. The summed E-state index contributed by atoms with van der Waals surface area (Å²) in [5, 5.41) is 6.14. The third kappa shape index (κ3) is 4.82. The van der Waals surface area contributed by atoms with Crippen LogP contribution in [0.2, 0.25) is 0 Å². The summed E-state index contributed by atoms with van der Waals surface area (Å²) >= 11 is 0. The van der Waals surface area contributed by atoms with Crippen LogP contribution >= 0.6 is 0 Å². The molecule has 4 nitrogen and oxygen atoms in total. The number of benzene rings is 1. The lowest BCUT2D eigenvalue weighted by Crippen LogP contribution is -2.17. The molecule has 0 aliphatic rings. The lowest BCUT2D eigenvalue weighted by atomic mass is 10.2. The zero-order chi connectivity index (χ0) is 14.2. The van der Waals surface area contributed by atoms with Crippen LogP contribution in [-0.4, -0.2) is 17.4 Å². The van der Waals surface area contributed by atoms with Gasteiger partial charge in [-0.05, 0) is 29.8 Å². The highest BCUT2D eigenvalue weighted by Crippen LogP contribution is 2.09. The molecule has 0 spiro atoms. The molecule has 0 unspecified atom stereocenters. The van der Waals surface area contributed by atoms with Gasteiger partial charge in [-0.3, -0.25) is 9.78 Å². The number of hydrogen-bond acceptors (Lipinski definition) is 3. The SMILES string of the molecule is CC(=O)Nc1ccc(CNCCc2ccccn2)cc1. The van der Waals surface area contributed by atoms with E-state index in [9.17, 15) is 4.79 Å². The van der Waals surface area contributed by atoms with E-state index in [-0.39, 0.29) is 5.91 Å². The van der Waals surface area contributed by atoms with E-state index >= 15 is 0 Å². The van der Waals surface area contributed by atoms with Crippen molar-refractivity contribution in [3.8, 4) is 0 Å². The highest BCUT2D eigenvalue weighted by molar-refractivity contribution is 5.88. The summed E-state index contributed by atoms with van der Waals surface area (Å²) in [4.78, 5) is 15.2. The quantitative estimate of drug-likeness (QED) is 0.792. The van der Waals surface area contributed by atoms with Crippen molar-refractivity contribution in [1.29, 1.82) is 0 Å². The Morgan fingerprint density at radius 1 is 1.15 bits per heavy atom. The lowest BCUT2D eigenvalue weighted by Gasteiger charge is -2.06. The minimum absolute atomic E-state index is 0.0498. The number of amides is 1. The number of nitrogens with zero attached hydrogens (tertiary/aromatic N) is 1. The van der Waals surface area contributed by atoms with Gasteiger partial charge in [0.2, 0.25) is 5.91 Å². The van der Waals surface area contributed by atoms with Crippen LogP contribution in [-0.2, 0) is 17.8 Å². The molecule has 0 aliphatic heterocycles. The fourth-order valence-electron chi connectivity index (χ4n) is 1.90. The molecule has 0 atom stereocenters. The summed E-state index contributed by atoms with van der Waals surface area (Å²) in [6.07, 6.45) is 2.74. The molecule has 2 aromatic rings. The molecule has 2 N–H and O–H groups in total. The van der Waals surface area contributed by atoms with E-state index in [0.29, 0.717) is 0 Å². The zero-order valence-electron chi connectivity index (χ0n) is 11.6. The van der Waals surface area contributed by atoms with Gasteiger partial charge in [0, 0.05) is 44.0 Å². The molecule has 0 saturated carbocycles. The van der Waals surface area contributed by atoms with E-state index < -0.39 is 0 Å². The topological polar surface area (TPSA) is 54.0 Å². The minimum atomic E-state index is -0.0498. The highest BCUT2D eigenvalue weighted by Gasteiger charge is 1.97. The van der Waals surface area contributed by atoms with Gasteiger partial charge in [-0.1, -0.05) is 18.2 Å². The monoisotopic (exact) mass is 269 g/mol. The molecule has 4 heteroatoms. The number of anilines is 1. The van der Waals surface area contributed by atoms with Crippen LogP contribution in [0.5, 0.6) is 0 Å². The number of nitrogens with one attached hydrogen (secondary N) is 2. The number of aromatic nitrogens is 1. The Morgan fingerprint density at radius 3 is 2.60 bits per heavy atom. The first-order valence-corrected chi connectivity index (χ1v) is 6.71. The van der Waals surface area contributed by atoms with Crippen molar-refractivity contribution in [2.24, 2.45) is 0 Å². The molecule has 0 bridgehead atoms. The summed E-state index contributed by atoms with van der Waals surface area (Å²) in [6.45, 7) is 3.21. The Morgan fingerprint density at radius 2 is 1.95 bits per heavy atom. The number of carbonyl (C=O) groups is 1. The smallest absolute Gasteiger partial charge is 0.221 e. The highest BCUT2D eigenvalue weighted by atomic mass is 16.1. The second kappa shape index (κ2) is 7.40. The molecule has 1 aromatic carbocycles. The Kier molecular flexibility index (Phi) is 5.26. The summed E-state index contributed by atoms with van der Waals surface area (Å²) < 4.78 is 0. The Labute approximate surface area is 119 Å². The molecule has 0 saturated heterocycles. The number of rotatable bonds is 6. The molecule has 1 aromatic heterocycles. The second-order valence-electron chi connectivity index (χ2n) is 4.63. The summed E-state index contributed by atoms with van der Waals surface area (Å²) in [5.74, 6) is -0.0498. The fourth-order valence-corrected chi connectivity index (χ4v) is 1.90. The number of pyridine rings is 1. The molecule has 0 aliphatic carbocycles. The average Bonchev–Trinajstić information content (AvgIpc) is 2.46. The zero-order valence-corrected chi connectivity index (χ0v) is 11.6. The minimum Gasteiger partial charge on any atom is -0.326 e. The second-order valence-corrected chi connectivity index (χ2v) is 4.63. The van der Waals surface area contributed by atoms with E-state index in [2.05, 4.69) is 15.6 Å². The summed E-state index contributed by atoms with van der Waals surface area (Å²) in [7, 11) is 0. The van der Waals surface area contributed by atoms with Gasteiger partial charge in [0.25, 0.3) is 0 Å². The Bertz CT molecular complexity index is 537. The molecular weight excluding hydrogens is 250 g/mol. The van der Waals surface area contributed by atoms with Crippen LogP contribution in [0.1, 0.15) is 18.2 Å². The van der Waals surface area contributed by atoms with Gasteiger partial charge >= 0.3 is 0 Å². The average molecular weight is 269 g/mol. The third-order valence-corrected chi connectivity index (χ3v) is 2.89. The van der Waals surface area contributed by atoms with Gasteiger partial charge in [-0.2, -0.15) is 0 Å². The Balaban J connectivity index is 1.73. The van der Waals surface area contributed by atoms with E-state index in [4.69, 9.17) is 0 Å². The standard InChI is InChI=1S/C16H19N3O/c1-13(20)19-16-7-5-14(6-8-16)12-17-11-9-15-4-2-3-10-18-15/h2-8,10,17H,9,11-12H2,1H3,(H,19,20). The molecule has 0 radical (unpaired) electrons. The maximum atomic E-state index is 10.9. The van der Waals surface area contributed by atoms with Gasteiger partial charge in [-0.15, -0.1) is 0 Å². The number of hydrogen-bond donors (Lipinski definition) is 2.